The Hall–Kier alpha value is -3.34. The van der Waals surface area contributed by atoms with Crippen molar-refractivity contribution in [2.45, 2.75) is 32.1 Å². The molecule has 8 nitrogen and oxygen atoms in total. The highest BCUT2D eigenvalue weighted by Crippen LogP contribution is 2.37. The molecule has 2 aromatic heterocycles. The minimum absolute atomic E-state index is 0.0324. The first-order valence-corrected chi connectivity index (χ1v) is 10.0. The van der Waals surface area contributed by atoms with Crippen molar-refractivity contribution >= 4 is 23.2 Å². The third kappa shape index (κ3) is 3.72. The van der Waals surface area contributed by atoms with Crippen LogP contribution in [-0.4, -0.2) is 32.4 Å². The Kier molecular flexibility index (Phi) is 5.45. The highest BCUT2D eigenvalue weighted by Gasteiger charge is 2.36. The summed E-state index contributed by atoms with van der Waals surface area (Å²) in [6.45, 7) is 2.12. The second-order valence-corrected chi connectivity index (χ2v) is 7.79. The van der Waals surface area contributed by atoms with Crippen molar-refractivity contribution in [3.63, 3.8) is 0 Å². The Balaban J connectivity index is 1.78. The van der Waals surface area contributed by atoms with E-state index in [0.717, 1.165) is 6.07 Å². The second-order valence-electron chi connectivity index (χ2n) is 7.41. The van der Waals surface area contributed by atoms with Gasteiger partial charge in [0, 0.05) is 30.8 Å². The lowest BCUT2D eigenvalue weighted by atomic mass is 9.99. The van der Waals surface area contributed by atoms with E-state index in [-0.39, 0.29) is 22.8 Å². The van der Waals surface area contributed by atoms with Crippen LogP contribution in [0.5, 0.6) is 0 Å². The van der Waals surface area contributed by atoms with Crippen LogP contribution < -0.4 is 16.2 Å². The summed E-state index contributed by atoms with van der Waals surface area (Å²) in [5.41, 5.74) is 5.66. The summed E-state index contributed by atoms with van der Waals surface area (Å²) in [6, 6.07) is 4.45. The molecule has 0 bridgehead atoms. The number of nitrogens with zero attached hydrogens (tertiary/aromatic N) is 4. The van der Waals surface area contributed by atoms with Crippen molar-refractivity contribution in [3.8, 4) is 0 Å². The topological polar surface area (TPSA) is 110 Å². The Bertz CT molecular complexity index is 1250. The predicted molar refractivity (Wildman–Crippen MR) is 111 cm³/mol. The van der Waals surface area contributed by atoms with E-state index in [2.05, 4.69) is 15.3 Å². The van der Waals surface area contributed by atoms with Crippen molar-refractivity contribution in [2.75, 3.05) is 11.4 Å². The number of nitrogens with two attached hydrogens (primary N) is 1. The van der Waals surface area contributed by atoms with Gasteiger partial charge in [0.25, 0.3) is 11.5 Å². The summed E-state index contributed by atoms with van der Waals surface area (Å²) in [7, 11) is 0. The molecule has 3 N–H and O–H groups in total. The van der Waals surface area contributed by atoms with E-state index in [1.807, 2.05) is 0 Å². The fourth-order valence-electron chi connectivity index (χ4n) is 4.02. The number of alkyl halides is 3. The Morgan fingerprint density at radius 2 is 2.03 bits per heavy atom. The van der Waals surface area contributed by atoms with Crippen LogP contribution in [0.1, 0.15) is 45.8 Å². The van der Waals surface area contributed by atoms with Gasteiger partial charge < -0.3 is 10.6 Å². The number of primary amides is 1. The number of nitrogens with one attached hydrogen (secondary N) is 1. The molecule has 1 aliphatic rings. The van der Waals surface area contributed by atoms with Crippen molar-refractivity contribution in [1.29, 1.82) is 0 Å². The lowest BCUT2D eigenvalue weighted by Gasteiger charge is -2.30. The third-order valence-electron chi connectivity index (χ3n) is 5.52. The largest absolute Gasteiger partial charge is 0.416 e. The van der Waals surface area contributed by atoms with Crippen molar-refractivity contribution in [1.82, 2.24) is 20.0 Å². The van der Waals surface area contributed by atoms with Crippen LogP contribution in [0.25, 0.3) is 0 Å². The van der Waals surface area contributed by atoms with Crippen molar-refractivity contribution in [2.24, 2.45) is 5.73 Å². The first-order valence-electron chi connectivity index (χ1n) is 9.64. The number of anilines is 1. The first kappa shape index (κ1) is 21.9. The molecule has 168 valence electrons. The number of rotatable bonds is 4. The van der Waals surface area contributed by atoms with Gasteiger partial charge in [0.05, 0.1) is 23.5 Å². The molecule has 1 atom stereocenters. The van der Waals surface area contributed by atoms with Crippen LogP contribution in [0.3, 0.4) is 0 Å². The molecule has 0 saturated carbocycles. The molecule has 12 heteroatoms. The van der Waals surface area contributed by atoms with E-state index in [9.17, 15) is 22.8 Å². The zero-order chi connectivity index (χ0) is 23.2. The summed E-state index contributed by atoms with van der Waals surface area (Å²) in [5.74, 6) is -0.798. The highest BCUT2D eigenvalue weighted by atomic mass is 35.5. The summed E-state index contributed by atoms with van der Waals surface area (Å²) >= 11 is 6.11. The van der Waals surface area contributed by atoms with Crippen LogP contribution >= 0.6 is 11.6 Å². The van der Waals surface area contributed by atoms with Gasteiger partial charge in [-0.3, -0.25) is 14.3 Å². The number of fused-ring (bicyclic) bond motifs is 1. The quantitative estimate of drug-likeness (QED) is 0.614. The third-order valence-corrected chi connectivity index (χ3v) is 5.89. The molecule has 1 aliphatic heterocycles. The number of halogens is 4. The predicted octanol–water partition coefficient (Wildman–Crippen LogP) is 2.91. The van der Waals surface area contributed by atoms with Gasteiger partial charge in [-0.05, 0) is 18.6 Å². The number of H-pyrrole nitrogens is 1. The molecule has 0 fully saturated rings. The first-order chi connectivity index (χ1) is 15.1. The van der Waals surface area contributed by atoms with E-state index < -0.39 is 29.2 Å². The van der Waals surface area contributed by atoms with Crippen molar-refractivity contribution < 1.29 is 18.0 Å². The molecule has 0 unspecified atom stereocenters. The lowest BCUT2D eigenvalue weighted by Crippen LogP contribution is -2.33. The summed E-state index contributed by atoms with van der Waals surface area (Å²) < 4.78 is 42.1. The molecule has 0 radical (unpaired) electrons. The molecular formula is C20H18ClF3N6O2. The maximum absolute atomic E-state index is 13.5. The van der Waals surface area contributed by atoms with Crippen LogP contribution in [0.2, 0.25) is 5.02 Å². The normalized spacial score (nSPS) is 14.8. The van der Waals surface area contributed by atoms with E-state index in [1.165, 1.54) is 29.1 Å². The zero-order valence-electron chi connectivity index (χ0n) is 16.8. The number of benzene rings is 1. The number of aromatic amines is 1. The number of hydrogen-bond donors (Lipinski definition) is 2. The minimum atomic E-state index is -4.54. The molecule has 1 aromatic carbocycles. The Morgan fingerprint density at radius 3 is 2.72 bits per heavy atom. The summed E-state index contributed by atoms with van der Waals surface area (Å²) in [6.07, 6.45) is -2.80. The number of carbonyl (C=O) groups excluding carboxylic acids is 1. The SMILES string of the molecule is C[C@@H](c1ccccc1C(F)(F)F)n1nc(C(N)=O)c2c1CCN(c1cn[nH]c(=O)c1Cl)C2. The molecule has 3 heterocycles. The van der Waals surface area contributed by atoms with Crippen LogP contribution in [0.15, 0.2) is 35.3 Å². The molecule has 4 rings (SSSR count). The Labute approximate surface area is 184 Å². The molecule has 1 amide bonds. The van der Waals surface area contributed by atoms with Crippen molar-refractivity contribution in [3.05, 3.63) is 73.9 Å². The van der Waals surface area contributed by atoms with E-state index in [4.69, 9.17) is 17.3 Å². The van der Waals surface area contributed by atoms with Gasteiger partial charge in [0.1, 0.15) is 5.02 Å². The second kappa shape index (κ2) is 7.97. The molecule has 3 aromatic rings. The van der Waals surface area contributed by atoms with Gasteiger partial charge in [-0.15, -0.1) is 0 Å². The fourth-order valence-corrected chi connectivity index (χ4v) is 4.23. The lowest BCUT2D eigenvalue weighted by molar-refractivity contribution is -0.138. The van der Waals surface area contributed by atoms with Gasteiger partial charge in [0.2, 0.25) is 0 Å². The monoisotopic (exact) mass is 466 g/mol. The molecule has 0 spiro atoms. The smallest absolute Gasteiger partial charge is 0.364 e. The van der Waals surface area contributed by atoms with Gasteiger partial charge in [-0.2, -0.15) is 23.4 Å². The van der Waals surface area contributed by atoms with Gasteiger partial charge >= 0.3 is 6.18 Å². The van der Waals surface area contributed by atoms with E-state index >= 15 is 0 Å². The minimum Gasteiger partial charge on any atom is -0.364 e. The number of carbonyl (C=O) groups is 1. The van der Waals surface area contributed by atoms with E-state index in [1.54, 1.807) is 11.8 Å². The van der Waals surface area contributed by atoms with Crippen LogP contribution in [0.4, 0.5) is 18.9 Å². The van der Waals surface area contributed by atoms with Gasteiger partial charge in [0.15, 0.2) is 5.69 Å². The maximum Gasteiger partial charge on any atom is 0.416 e. The number of amides is 1. The molecule has 32 heavy (non-hydrogen) atoms. The molecular weight excluding hydrogens is 449 g/mol. The average Bonchev–Trinajstić information content (AvgIpc) is 3.13. The summed E-state index contributed by atoms with van der Waals surface area (Å²) in [5, 5.41) is 10.2. The highest BCUT2D eigenvalue weighted by molar-refractivity contribution is 6.33. The summed E-state index contributed by atoms with van der Waals surface area (Å²) in [4.78, 5) is 25.6. The van der Waals surface area contributed by atoms with Crippen LogP contribution in [-0.2, 0) is 19.1 Å². The molecule has 0 saturated heterocycles. The maximum atomic E-state index is 13.5. The van der Waals surface area contributed by atoms with Gasteiger partial charge in [-0.25, -0.2) is 5.10 Å². The molecule has 0 aliphatic carbocycles. The Morgan fingerprint density at radius 1 is 1.31 bits per heavy atom. The zero-order valence-corrected chi connectivity index (χ0v) is 17.5. The average molecular weight is 467 g/mol. The standard InChI is InChI=1S/C20H18ClF3N6O2/c1-10(11-4-2-3-5-13(11)20(22,23)24)30-14-6-7-29(9-12(14)17(28-30)18(25)31)15-8-26-27-19(32)16(15)21/h2-5,8,10H,6-7,9H2,1H3,(H2,25,31)(H,27,32)/t10-/m0/s1. The number of hydrogen-bond acceptors (Lipinski definition) is 5. The number of aromatic nitrogens is 4. The van der Waals surface area contributed by atoms with E-state index in [0.29, 0.717) is 29.9 Å². The van der Waals surface area contributed by atoms with Crippen LogP contribution in [0, 0.1) is 0 Å². The van der Waals surface area contributed by atoms with Gasteiger partial charge in [-0.1, -0.05) is 29.8 Å². The fraction of sp³-hybridized carbons (Fsp3) is 0.300.